The predicted octanol–water partition coefficient (Wildman–Crippen LogP) is 2.82. The van der Waals surface area contributed by atoms with Crippen LogP contribution in [0.5, 0.6) is 11.5 Å². The molecule has 0 unspecified atom stereocenters. The van der Waals surface area contributed by atoms with Crippen molar-refractivity contribution in [2.75, 3.05) is 46.4 Å². The van der Waals surface area contributed by atoms with E-state index in [1.807, 2.05) is 31.2 Å². The van der Waals surface area contributed by atoms with E-state index in [0.717, 1.165) is 62.8 Å². The van der Waals surface area contributed by atoms with Crippen molar-refractivity contribution in [3.63, 3.8) is 0 Å². The molecule has 1 aliphatic rings. The molecule has 1 aromatic rings. The largest absolute Gasteiger partial charge is 0.493 e. The fraction of sp³-hybridized carbons (Fsp3) is 0.529. The summed E-state index contributed by atoms with van der Waals surface area (Å²) >= 11 is 0. The topological polar surface area (TPSA) is 33.7 Å². The predicted molar refractivity (Wildman–Crippen MR) is 94.4 cm³/mol. The van der Waals surface area contributed by atoms with Gasteiger partial charge in [0.1, 0.15) is 0 Å². The summed E-state index contributed by atoms with van der Waals surface area (Å²) in [6.07, 6.45) is 5.11. The van der Waals surface area contributed by atoms with E-state index in [2.05, 4.69) is 16.3 Å². The molecule has 0 saturated carbocycles. The number of hydrogen-bond acceptors (Lipinski definition) is 4. The molecule has 1 fully saturated rings. The minimum Gasteiger partial charge on any atom is -0.493 e. The van der Waals surface area contributed by atoms with Crippen LogP contribution in [0.15, 0.2) is 24.3 Å². The number of ether oxygens (including phenoxy) is 2. The van der Waals surface area contributed by atoms with E-state index in [1.165, 1.54) is 0 Å². The summed E-state index contributed by atoms with van der Waals surface area (Å²) in [5.41, 5.74) is 1.13. The second-order valence-corrected chi connectivity index (χ2v) is 5.20. The Balaban J connectivity index is 0.00000242. The highest BCUT2D eigenvalue weighted by molar-refractivity contribution is 5.85. The first-order chi connectivity index (χ1) is 10.3. The summed E-state index contributed by atoms with van der Waals surface area (Å²) in [5.74, 6) is 1.62. The Morgan fingerprint density at radius 2 is 2.00 bits per heavy atom. The van der Waals surface area contributed by atoms with Gasteiger partial charge in [-0.05, 0) is 31.0 Å². The molecule has 0 aliphatic carbocycles. The number of nitrogens with one attached hydrogen (secondary N) is 1. The zero-order valence-electron chi connectivity index (χ0n) is 13.5. The van der Waals surface area contributed by atoms with Gasteiger partial charge in [0.25, 0.3) is 0 Å². The van der Waals surface area contributed by atoms with E-state index in [0.29, 0.717) is 0 Å². The molecular formula is C17H27ClN2O2. The van der Waals surface area contributed by atoms with Crippen LogP contribution >= 0.6 is 12.4 Å². The number of methoxy groups -OCH3 is 1. The molecule has 22 heavy (non-hydrogen) atoms. The molecule has 0 atom stereocenters. The van der Waals surface area contributed by atoms with E-state index >= 15 is 0 Å². The molecular weight excluding hydrogens is 300 g/mol. The molecule has 1 saturated heterocycles. The molecule has 0 aromatic heterocycles. The SMILES string of the molecule is CC=Cc1ccc(OCCCN2CCNCC2)c(OC)c1.Cl. The lowest BCUT2D eigenvalue weighted by molar-refractivity contribution is 0.211. The Hall–Kier alpha value is -1.23. The smallest absolute Gasteiger partial charge is 0.161 e. The van der Waals surface area contributed by atoms with Crippen LogP contribution in [0.3, 0.4) is 0 Å². The zero-order valence-corrected chi connectivity index (χ0v) is 14.3. The summed E-state index contributed by atoms with van der Waals surface area (Å²) in [5, 5.41) is 3.37. The van der Waals surface area contributed by atoms with Gasteiger partial charge in [0.15, 0.2) is 11.5 Å². The maximum atomic E-state index is 5.86. The van der Waals surface area contributed by atoms with E-state index in [-0.39, 0.29) is 12.4 Å². The monoisotopic (exact) mass is 326 g/mol. The minimum absolute atomic E-state index is 0. The Morgan fingerprint density at radius 3 is 2.68 bits per heavy atom. The number of piperazine rings is 1. The first-order valence-corrected chi connectivity index (χ1v) is 7.70. The molecule has 1 aromatic carbocycles. The fourth-order valence-electron chi connectivity index (χ4n) is 2.50. The second kappa shape index (κ2) is 10.5. The lowest BCUT2D eigenvalue weighted by atomic mass is 10.2. The van der Waals surface area contributed by atoms with Crippen LogP contribution in [-0.2, 0) is 0 Å². The third-order valence-electron chi connectivity index (χ3n) is 3.63. The Labute approximate surface area is 139 Å². The van der Waals surface area contributed by atoms with Crippen molar-refractivity contribution in [3.05, 3.63) is 29.8 Å². The summed E-state index contributed by atoms with van der Waals surface area (Å²) in [6, 6.07) is 6.04. The molecule has 0 spiro atoms. The van der Waals surface area contributed by atoms with Crippen molar-refractivity contribution in [1.29, 1.82) is 0 Å². The molecule has 1 heterocycles. The maximum Gasteiger partial charge on any atom is 0.161 e. The molecule has 0 radical (unpaired) electrons. The van der Waals surface area contributed by atoms with Gasteiger partial charge in [-0.15, -0.1) is 12.4 Å². The van der Waals surface area contributed by atoms with E-state index in [9.17, 15) is 0 Å². The van der Waals surface area contributed by atoms with Gasteiger partial charge in [-0.25, -0.2) is 0 Å². The van der Waals surface area contributed by atoms with Crippen molar-refractivity contribution in [1.82, 2.24) is 10.2 Å². The molecule has 5 heteroatoms. The van der Waals surface area contributed by atoms with Gasteiger partial charge in [-0.1, -0.05) is 18.2 Å². The van der Waals surface area contributed by atoms with Crippen LogP contribution in [0.25, 0.3) is 6.08 Å². The number of hydrogen-bond donors (Lipinski definition) is 1. The molecule has 2 rings (SSSR count). The van der Waals surface area contributed by atoms with Crippen molar-refractivity contribution in [2.24, 2.45) is 0 Å². The van der Waals surface area contributed by atoms with E-state index in [4.69, 9.17) is 9.47 Å². The maximum absolute atomic E-state index is 5.86. The highest BCUT2D eigenvalue weighted by atomic mass is 35.5. The normalized spacial score (nSPS) is 15.5. The number of nitrogens with zero attached hydrogens (tertiary/aromatic N) is 1. The summed E-state index contributed by atoms with van der Waals surface area (Å²) < 4.78 is 11.3. The summed E-state index contributed by atoms with van der Waals surface area (Å²) in [6.45, 7) is 8.31. The van der Waals surface area contributed by atoms with Gasteiger partial charge >= 0.3 is 0 Å². The van der Waals surface area contributed by atoms with Crippen LogP contribution in [0.1, 0.15) is 18.9 Å². The van der Waals surface area contributed by atoms with Crippen LogP contribution in [0.2, 0.25) is 0 Å². The average Bonchev–Trinajstić information content (AvgIpc) is 2.53. The van der Waals surface area contributed by atoms with Crippen LogP contribution in [-0.4, -0.2) is 51.3 Å². The lowest BCUT2D eigenvalue weighted by Gasteiger charge is -2.27. The second-order valence-electron chi connectivity index (χ2n) is 5.20. The average molecular weight is 327 g/mol. The Morgan fingerprint density at radius 1 is 1.23 bits per heavy atom. The quantitative estimate of drug-likeness (QED) is 0.781. The van der Waals surface area contributed by atoms with Crippen molar-refractivity contribution in [2.45, 2.75) is 13.3 Å². The van der Waals surface area contributed by atoms with Crippen LogP contribution < -0.4 is 14.8 Å². The third kappa shape index (κ3) is 5.87. The minimum atomic E-state index is 0. The van der Waals surface area contributed by atoms with Crippen molar-refractivity contribution >= 4 is 18.5 Å². The molecule has 0 bridgehead atoms. The Bertz CT molecular complexity index is 460. The molecule has 0 amide bonds. The number of rotatable bonds is 7. The number of halogens is 1. The lowest BCUT2D eigenvalue weighted by Crippen LogP contribution is -2.43. The van der Waals surface area contributed by atoms with Gasteiger partial charge in [0.05, 0.1) is 13.7 Å². The number of allylic oxidation sites excluding steroid dienone is 1. The van der Waals surface area contributed by atoms with Crippen molar-refractivity contribution < 1.29 is 9.47 Å². The molecule has 4 nitrogen and oxygen atoms in total. The van der Waals surface area contributed by atoms with Crippen LogP contribution in [0, 0.1) is 0 Å². The van der Waals surface area contributed by atoms with E-state index in [1.54, 1.807) is 7.11 Å². The first kappa shape index (κ1) is 18.8. The molecule has 1 N–H and O–H groups in total. The summed E-state index contributed by atoms with van der Waals surface area (Å²) in [4.78, 5) is 2.48. The van der Waals surface area contributed by atoms with Crippen molar-refractivity contribution in [3.8, 4) is 11.5 Å². The molecule has 1 aliphatic heterocycles. The zero-order chi connectivity index (χ0) is 14.9. The van der Waals surface area contributed by atoms with Gasteiger partial charge in [-0.2, -0.15) is 0 Å². The standard InChI is InChI=1S/C17H26N2O2.ClH/c1-3-5-15-6-7-16(17(14-15)20-2)21-13-4-10-19-11-8-18-9-12-19;/h3,5-7,14,18H,4,8-13H2,1-2H3;1H. The van der Waals surface area contributed by atoms with Gasteiger partial charge in [-0.3, -0.25) is 0 Å². The van der Waals surface area contributed by atoms with E-state index < -0.39 is 0 Å². The fourth-order valence-corrected chi connectivity index (χ4v) is 2.50. The highest BCUT2D eigenvalue weighted by Gasteiger charge is 2.09. The highest BCUT2D eigenvalue weighted by Crippen LogP contribution is 2.28. The summed E-state index contributed by atoms with van der Waals surface area (Å²) in [7, 11) is 1.68. The number of benzene rings is 1. The third-order valence-corrected chi connectivity index (χ3v) is 3.63. The van der Waals surface area contributed by atoms with Gasteiger partial charge < -0.3 is 19.7 Å². The van der Waals surface area contributed by atoms with Gasteiger partial charge in [0.2, 0.25) is 0 Å². The Kier molecular flexibility index (Phi) is 8.97. The van der Waals surface area contributed by atoms with Crippen LogP contribution in [0.4, 0.5) is 0 Å². The van der Waals surface area contributed by atoms with Gasteiger partial charge in [0, 0.05) is 32.7 Å². The first-order valence-electron chi connectivity index (χ1n) is 7.70. The molecule has 124 valence electrons.